The first kappa shape index (κ1) is 18.9. The lowest BCUT2D eigenvalue weighted by Gasteiger charge is -2.30. The van der Waals surface area contributed by atoms with Gasteiger partial charge in [0.1, 0.15) is 0 Å². The molecule has 1 fully saturated rings. The zero-order valence-corrected chi connectivity index (χ0v) is 15.9. The molecule has 6 heteroatoms. The molecule has 0 bridgehead atoms. The molecule has 1 N–H and O–H groups in total. The minimum Gasteiger partial charge on any atom is -0.339 e. The second-order valence-electron chi connectivity index (χ2n) is 7.16. The summed E-state index contributed by atoms with van der Waals surface area (Å²) in [6.45, 7) is 4.29. The third kappa shape index (κ3) is 5.06. The van der Waals surface area contributed by atoms with Gasteiger partial charge in [-0.15, -0.1) is 0 Å². The van der Waals surface area contributed by atoms with Gasteiger partial charge in [0.25, 0.3) is 5.91 Å². The first-order valence-corrected chi connectivity index (χ1v) is 9.34. The van der Waals surface area contributed by atoms with E-state index in [1.165, 1.54) is 0 Å². The molecule has 1 aromatic heterocycles. The normalized spacial score (nSPS) is 14.7. The Kier molecular flexibility index (Phi) is 6.06. The second kappa shape index (κ2) is 8.66. The lowest BCUT2D eigenvalue weighted by atomic mass is 9.98. The van der Waals surface area contributed by atoms with E-state index < -0.39 is 0 Å². The fourth-order valence-electron chi connectivity index (χ4n) is 3.12. The number of carbonyl (C=O) groups is 2. The van der Waals surface area contributed by atoms with Gasteiger partial charge in [0.05, 0.1) is 12.2 Å². The Morgan fingerprint density at radius 1 is 1.15 bits per heavy atom. The average molecular weight is 366 g/mol. The van der Waals surface area contributed by atoms with Gasteiger partial charge in [-0.25, -0.2) is 4.79 Å². The summed E-state index contributed by atoms with van der Waals surface area (Å²) >= 11 is 0. The number of anilines is 1. The number of piperidine rings is 1. The van der Waals surface area contributed by atoms with Crippen LogP contribution in [0.3, 0.4) is 0 Å². The Morgan fingerprint density at radius 3 is 2.48 bits per heavy atom. The quantitative estimate of drug-likeness (QED) is 0.899. The van der Waals surface area contributed by atoms with Crippen LogP contribution in [-0.4, -0.2) is 46.9 Å². The number of amides is 3. The van der Waals surface area contributed by atoms with Crippen LogP contribution >= 0.6 is 0 Å². The molecule has 0 unspecified atom stereocenters. The Hall–Kier alpha value is -2.89. The standard InChI is InChI=1S/C21H26N4O2/c1-16-10-13-25(14-11-16)20(26)17-6-8-18(9-7-17)23-21(27)24(2)15-19-5-3-4-12-22-19/h3-9,12,16H,10-11,13-15H2,1-2H3,(H,23,27). The summed E-state index contributed by atoms with van der Waals surface area (Å²) in [6.07, 6.45) is 3.82. The molecule has 142 valence electrons. The van der Waals surface area contributed by atoms with E-state index in [0.717, 1.165) is 31.6 Å². The number of nitrogens with zero attached hydrogens (tertiary/aromatic N) is 3. The minimum absolute atomic E-state index is 0.0621. The van der Waals surface area contributed by atoms with Crippen LogP contribution in [0.4, 0.5) is 10.5 Å². The zero-order valence-electron chi connectivity index (χ0n) is 15.9. The van der Waals surface area contributed by atoms with E-state index >= 15 is 0 Å². The molecule has 0 radical (unpaired) electrons. The highest BCUT2D eigenvalue weighted by molar-refractivity contribution is 5.95. The van der Waals surface area contributed by atoms with Gasteiger partial charge < -0.3 is 15.1 Å². The van der Waals surface area contributed by atoms with Crippen LogP contribution in [0.1, 0.15) is 35.8 Å². The maximum Gasteiger partial charge on any atom is 0.321 e. The molecule has 3 rings (SSSR count). The molecule has 0 saturated carbocycles. The number of likely N-dealkylation sites (tertiary alicyclic amines) is 1. The first-order chi connectivity index (χ1) is 13.0. The third-order valence-corrected chi connectivity index (χ3v) is 4.93. The topological polar surface area (TPSA) is 65.5 Å². The number of hydrogen-bond donors (Lipinski definition) is 1. The van der Waals surface area contributed by atoms with E-state index in [4.69, 9.17) is 0 Å². The fraction of sp³-hybridized carbons (Fsp3) is 0.381. The van der Waals surface area contributed by atoms with E-state index in [1.54, 1.807) is 42.4 Å². The monoisotopic (exact) mass is 366 g/mol. The van der Waals surface area contributed by atoms with Crippen molar-refractivity contribution in [2.75, 3.05) is 25.5 Å². The van der Waals surface area contributed by atoms with Gasteiger partial charge >= 0.3 is 6.03 Å². The predicted octanol–water partition coefficient (Wildman–Crippen LogP) is 3.62. The molecule has 1 aliphatic rings. The van der Waals surface area contributed by atoms with Crippen molar-refractivity contribution in [2.45, 2.75) is 26.3 Å². The van der Waals surface area contributed by atoms with Gasteiger partial charge in [-0.3, -0.25) is 9.78 Å². The number of hydrogen-bond acceptors (Lipinski definition) is 3. The number of nitrogens with one attached hydrogen (secondary N) is 1. The van der Waals surface area contributed by atoms with Gasteiger partial charge in [0, 0.05) is 37.6 Å². The Morgan fingerprint density at radius 2 is 1.85 bits per heavy atom. The van der Waals surface area contributed by atoms with Crippen molar-refractivity contribution in [3.05, 3.63) is 59.9 Å². The molecule has 1 saturated heterocycles. The summed E-state index contributed by atoms with van der Waals surface area (Å²) in [5.74, 6) is 0.752. The Labute approximate surface area is 160 Å². The minimum atomic E-state index is -0.218. The largest absolute Gasteiger partial charge is 0.339 e. The maximum atomic E-state index is 12.6. The number of carbonyl (C=O) groups excluding carboxylic acids is 2. The molecule has 0 aliphatic carbocycles. The summed E-state index contributed by atoms with van der Waals surface area (Å²) in [6, 6.07) is 12.5. The van der Waals surface area contributed by atoms with E-state index in [1.807, 2.05) is 23.1 Å². The van der Waals surface area contributed by atoms with Gasteiger partial charge in [0.15, 0.2) is 0 Å². The summed E-state index contributed by atoms with van der Waals surface area (Å²) in [5, 5.41) is 2.85. The number of aromatic nitrogens is 1. The van der Waals surface area contributed by atoms with Crippen molar-refractivity contribution >= 4 is 17.6 Å². The highest BCUT2D eigenvalue weighted by Crippen LogP contribution is 2.19. The maximum absolute atomic E-state index is 12.6. The summed E-state index contributed by atoms with van der Waals surface area (Å²) in [4.78, 5) is 32.6. The smallest absolute Gasteiger partial charge is 0.321 e. The van der Waals surface area contributed by atoms with Crippen LogP contribution in [-0.2, 0) is 6.54 Å². The van der Waals surface area contributed by atoms with Crippen molar-refractivity contribution in [1.82, 2.24) is 14.8 Å². The number of pyridine rings is 1. The summed E-state index contributed by atoms with van der Waals surface area (Å²) in [5.41, 5.74) is 2.15. The first-order valence-electron chi connectivity index (χ1n) is 9.34. The molecule has 0 spiro atoms. The number of benzene rings is 1. The molecule has 6 nitrogen and oxygen atoms in total. The van der Waals surface area contributed by atoms with Crippen LogP contribution < -0.4 is 5.32 Å². The van der Waals surface area contributed by atoms with E-state index in [2.05, 4.69) is 17.2 Å². The Bertz CT molecular complexity index is 769. The van der Waals surface area contributed by atoms with Crippen molar-refractivity contribution in [3.8, 4) is 0 Å². The highest BCUT2D eigenvalue weighted by Gasteiger charge is 2.21. The van der Waals surface area contributed by atoms with E-state index in [-0.39, 0.29) is 11.9 Å². The summed E-state index contributed by atoms with van der Waals surface area (Å²) in [7, 11) is 1.72. The van der Waals surface area contributed by atoms with Gasteiger partial charge in [0.2, 0.25) is 0 Å². The van der Waals surface area contributed by atoms with Crippen molar-refractivity contribution < 1.29 is 9.59 Å². The Balaban J connectivity index is 1.55. The molecular formula is C21H26N4O2. The van der Waals surface area contributed by atoms with Crippen molar-refractivity contribution in [1.29, 1.82) is 0 Å². The van der Waals surface area contributed by atoms with Gasteiger partial charge in [-0.1, -0.05) is 13.0 Å². The van der Waals surface area contributed by atoms with E-state index in [9.17, 15) is 9.59 Å². The molecule has 1 aromatic carbocycles. The predicted molar refractivity (Wildman–Crippen MR) is 105 cm³/mol. The summed E-state index contributed by atoms with van der Waals surface area (Å²) < 4.78 is 0. The van der Waals surface area contributed by atoms with Crippen LogP contribution in [0.15, 0.2) is 48.7 Å². The van der Waals surface area contributed by atoms with Crippen molar-refractivity contribution in [2.24, 2.45) is 5.92 Å². The van der Waals surface area contributed by atoms with Crippen LogP contribution in [0.5, 0.6) is 0 Å². The average Bonchev–Trinajstić information content (AvgIpc) is 2.69. The molecule has 2 aromatic rings. The third-order valence-electron chi connectivity index (χ3n) is 4.93. The molecule has 2 heterocycles. The van der Waals surface area contributed by atoms with E-state index in [0.29, 0.717) is 23.7 Å². The second-order valence-corrected chi connectivity index (χ2v) is 7.16. The molecule has 3 amide bonds. The number of urea groups is 1. The molecular weight excluding hydrogens is 340 g/mol. The van der Waals surface area contributed by atoms with Crippen molar-refractivity contribution in [3.63, 3.8) is 0 Å². The molecule has 27 heavy (non-hydrogen) atoms. The van der Waals surface area contributed by atoms with Crippen LogP contribution in [0.25, 0.3) is 0 Å². The molecule has 0 atom stereocenters. The van der Waals surface area contributed by atoms with Crippen LogP contribution in [0.2, 0.25) is 0 Å². The zero-order chi connectivity index (χ0) is 19.2. The molecule has 1 aliphatic heterocycles. The highest BCUT2D eigenvalue weighted by atomic mass is 16.2. The lowest BCUT2D eigenvalue weighted by Crippen LogP contribution is -2.37. The lowest BCUT2D eigenvalue weighted by molar-refractivity contribution is 0.0697. The number of rotatable bonds is 4. The SMILES string of the molecule is CC1CCN(C(=O)c2ccc(NC(=O)N(C)Cc3ccccn3)cc2)CC1. The van der Waals surface area contributed by atoms with Gasteiger partial charge in [-0.05, 0) is 55.2 Å². The van der Waals surface area contributed by atoms with Gasteiger partial charge in [-0.2, -0.15) is 0 Å². The van der Waals surface area contributed by atoms with Crippen LogP contribution in [0, 0.1) is 5.92 Å². The fourth-order valence-corrected chi connectivity index (χ4v) is 3.12.